The van der Waals surface area contributed by atoms with Crippen LogP contribution in [0.15, 0.2) is 103 Å². The quantitative estimate of drug-likeness (QED) is 0.135. The Hall–Kier alpha value is -5.54. The lowest BCUT2D eigenvalue weighted by Crippen LogP contribution is -2.49. The molecule has 0 bridgehead atoms. The first-order valence-corrected chi connectivity index (χ1v) is 15.7. The molecule has 2 aliphatic heterocycles. The number of phenols is 3. The number of likely N-dealkylation sites (tertiary alicyclic amines) is 1. The Morgan fingerprint density at radius 3 is 2.38 bits per heavy atom. The fourth-order valence-corrected chi connectivity index (χ4v) is 6.19. The fourth-order valence-electron chi connectivity index (χ4n) is 6.19. The third-order valence-corrected chi connectivity index (χ3v) is 8.67. The average molecular weight is 650 g/mol. The Morgan fingerprint density at radius 1 is 0.896 bits per heavy atom. The molecule has 0 saturated carbocycles. The molecule has 1 fully saturated rings. The van der Waals surface area contributed by atoms with Crippen LogP contribution in [-0.4, -0.2) is 64.2 Å². The van der Waals surface area contributed by atoms with Gasteiger partial charge < -0.3 is 29.9 Å². The minimum atomic E-state index is -1.11. The molecular weight excluding hydrogens is 613 g/mol. The molecule has 0 aromatic heterocycles. The predicted octanol–water partition coefficient (Wildman–Crippen LogP) is 7.69. The van der Waals surface area contributed by atoms with Crippen molar-refractivity contribution in [1.82, 2.24) is 4.90 Å². The highest BCUT2D eigenvalue weighted by Crippen LogP contribution is 2.47. The van der Waals surface area contributed by atoms with E-state index in [1.54, 1.807) is 54.6 Å². The zero-order valence-electron chi connectivity index (χ0n) is 26.3. The highest BCUT2D eigenvalue weighted by molar-refractivity contribution is 6.06. The molecule has 0 spiro atoms. The van der Waals surface area contributed by atoms with Gasteiger partial charge in [0.15, 0.2) is 0 Å². The van der Waals surface area contributed by atoms with Gasteiger partial charge in [0.25, 0.3) is 0 Å². The fraction of sp³-hybridized carbons (Fsp3) is 0.205. The molecule has 246 valence electrons. The summed E-state index contributed by atoms with van der Waals surface area (Å²) in [7, 11) is 0. The number of aromatic hydroxyl groups is 3. The number of hydrogen-bond acceptors (Lipinski definition) is 7. The summed E-state index contributed by atoms with van der Waals surface area (Å²) < 4.78 is 24.9. The standard InChI is InChI=1S/C28H28FNO4.C11H8O3/c1-18-25-14-23(32)7-10-26(25)34-28(27(18)21-3-2-4-22(31)13-21)20-5-8-24(9-6-20)33-12-11-30-16-19(15-29)17-30;12-9-6-5-7-3-1-2-4-8(7)10(9)11(13)14/h2-10,13-14,19,28,31-32H,11-12,15-17H2,1H3;1-6,12H,(H,13,14)/t28-;/m0./s1. The summed E-state index contributed by atoms with van der Waals surface area (Å²) in [5, 5.41) is 39.8. The van der Waals surface area contributed by atoms with Crippen LogP contribution in [0.5, 0.6) is 28.7 Å². The summed E-state index contributed by atoms with van der Waals surface area (Å²) in [5.74, 6) is 0.701. The van der Waals surface area contributed by atoms with Gasteiger partial charge in [0.1, 0.15) is 47.0 Å². The van der Waals surface area contributed by atoms with Gasteiger partial charge in [0, 0.05) is 36.7 Å². The minimum absolute atomic E-state index is 0.0388. The van der Waals surface area contributed by atoms with Gasteiger partial charge in [0.2, 0.25) is 0 Å². The van der Waals surface area contributed by atoms with Crippen molar-refractivity contribution in [3.63, 3.8) is 0 Å². The van der Waals surface area contributed by atoms with Gasteiger partial charge in [0.05, 0.1) is 6.67 Å². The second-order valence-electron chi connectivity index (χ2n) is 12.0. The Morgan fingerprint density at radius 2 is 1.65 bits per heavy atom. The first kappa shape index (κ1) is 32.4. The SMILES string of the molecule is CC1=C(c2cccc(O)c2)[C@H](c2ccc(OCCN3CC(CF)C3)cc2)Oc2ccc(O)cc21.O=C(O)c1c(O)ccc2ccccc12. The highest BCUT2D eigenvalue weighted by Gasteiger charge is 2.30. The zero-order chi connectivity index (χ0) is 33.8. The van der Waals surface area contributed by atoms with E-state index in [9.17, 15) is 24.5 Å². The summed E-state index contributed by atoms with van der Waals surface area (Å²) in [6.45, 7) is 4.72. The molecule has 2 aliphatic rings. The van der Waals surface area contributed by atoms with E-state index in [0.717, 1.165) is 58.6 Å². The smallest absolute Gasteiger partial charge is 0.340 e. The summed E-state index contributed by atoms with van der Waals surface area (Å²) in [6, 6.07) is 30.2. The first-order chi connectivity index (χ1) is 23.2. The molecule has 0 radical (unpaired) electrons. The van der Waals surface area contributed by atoms with Crippen LogP contribution in [0.25, 0.3) is 21.9 Å². The number of aromatic carboxylic acids is 1. The molecule has 7 rings (SSSR count). The van der Waals surface area contributed by atoms with E-state index in [0.29, 0.717) is 17.7 Å². The number of halogens is 1. The van der Waals surface area contributed by atoms with Crippen LogP contribution < -0.4 is 9.47 Å². The molecule has 0 unspecified atom stereocenters. The molecule has 5 aromatic rings. The van der Waals surface area contributed by atoms with Crippen LogP contribution >= 0.6 is 0 Å². The monoisotopic (exact) mass is 649 g/mol. The number of rotatable bonds is 8. The normalized spacial score (nSPS) is 15.9. The molecule has 48 heavy (non-hydrogen) atoms. The van der Waals surface area contributed by atoms with E-state index in [4.69, 9.17) is 14.6 Å². The van der Waals surface area contributed by atoms with Crippen molar-refractivity contribution in [2.24, 2.45) is 5.92 Å². The Balaban J connectivity index is 0.000000239. The Bertz CT molecular complexity index is 1970. The Kier molecular flexibility index (Phi) is 9.50. The van der Waals surface area contributed by atoms with Crippen molar-refractivity contribution in [2.75, 3.05) is 32.9 Å². The molecule has 2 heterocycles. The number of benzene rings is 5. The molecule has 5 aromatic carbocycles. The van der Waals surface area contributed by atoms with E-state index < -0.39 is 5.97 Å². The topological polar surface area (TPSA) is 120 Å². The van der Waals surface area contributed by atoms with Crippen LogP contribution in [0.1, 0.15) is 40.1 Å². The van der Waals surface area contributed by atoms with E-state index in [-0.39, 0.29) is 41.5 Å². The number of phenolic OH excluding ortho intramolecular Hbond substituents is 2. The third-order valence-electron chi connectivity index (χ3n) is 8.67. The minimum Gasteiger partial charge on any atom is -0.508 e. The maximum absolute atomic E-state index is 12.6. The summed E-state index contributed by atoms with van der Waals surface area (Å²) in [5.41, 5.74) is 4.52. The van der Waals surface area contributed by atoms with Crippen molar-refractivity contribution in [3.8, 4) is 28.7 Å². The second kappa shape index (κ2) is 14.1. The number of allylic oxidation sites excluding steroid dienone is 1. The lowest BCUT2D eigenvalue weighted by Gasteiger charge is -2.37. The number of nitrogens with zero attached hydrogens (tertiary/aromatic N) is 1. The van der Waals surface area contributed by atoms with Gasteiger partial charge in [-0.2, -0.15) is 0 Å². The summed E-state index contributed by atoms with van der Waals surface area (Å²) >= 11 is 0. The number of carboxylic acids is 1. The number of carbonyl (C=O) groups is 1. The van der Waals surface area contributed by atoms with Crippen molar-refractivity contribution in [3.05, 3.63) is 125 Å². The molecule has 0 aliphatic carbocycles. The number of alkyl halides is 1. The molecule has 9 heteroatoms. The average Bonchev–Trinajstić information content (AvgIpc) is 3.06. The number of hydrogen-bond donors (Lipinski definition) is 4. The first-order valence-electron chi connectivity index (χ1n) is 15.7. The van der Waals surface area contributed by atoms with E-state index in [1.165, 1.54) is 6.07 Å². The van der Waals surface area contributed by atoms with E-state index in [1.807, 2.05) is 49.4 Å². The van der Waals surface area contributed by atoms with Crippen LogP contribution in [0, 0.1) is 5.92 Å². The maximum atomic E-state index is 12.6. The molecule has 1 atom stereocenters. The largest absolute Gasteiger partial charge is 0.508 e. The van der Waals surface area contributed by atoms with Crippen molar-refractivity contribution in [2.45, 2.75) is 13.0 Å². The van der Waals surface area contributed by atoms with Crippen LogP contribution in [0.2, 0.25) is 0 Å². The molecule has 0 amide bonds. The highest BCUT2D eigenvalue weighted by atomic mass is 19.1. The van der Waals surface area contributed by atoms with E-state index in [2.05, 4.69) is 4.90 Å². The predicted molar refractivity (Wildman–Crippen MR) is 182 cm³/mol. The van der Waals surface area contributed by atoms with Crippen LogP contribution in [-0.2, 0) is 0 Å². The lowest BCUT2D eigenvalue weighted by atomic mass is 9.86. The van der Waals surface area contributed by atoms with Gasteiger partial charge in [-0.3, -0.25) is 9.29 Å². The summed E-state index contributed by atoms with van der Waals surface area (Å²) in [6.07, 6.45) is -0.383. The number of ether oxygens (including phenoxy) is 2. The van der Waals surface area contributed by atoms with Gasteiger partial charge in [-0.25, -0.2) is 4.79 Å². The van der Waals surface area contributed by atoms with Gasteiger partial charge in [-0.15, -0.1) is 0 Å². The van der Waals surface area contributed by atoms with Crippen LogP contribution in [0.3, 0.4) is 0 Å². The lowest BCUT2D eigenvalue weighted by molar-refractivity contribution is 0.0668. The van der Waals surface area contributed by atoms with Crippen molar-refractivity contribution < 1.29 is 39.1 Å². The van der Waals surface area contributed by atoms with E-state index >= 15 is 0 Å². The van der Waals surface area contributed by atoms with Crippen molar-refractivity contribution in [1.29, 1.82) is 0 Å². The third kappa shape index (κ3) is 6.91. The van der Waals surface area contributed by atoms with Crippen molar-refractivity contribution >= 4 is 27.9 Å². The van der Waals surface area contributed by atoms with Crippen LogP contribution in [0.4, 0.5) is 4.39 Å². The molecular formula is C39H36FNO7. The molecule has 1 saturated heterocycles. The van der Waals surface area contributed by atoms with Gasteiger partial charge in [-0.05, 0) is 82.9 Å². The maximum Gasteiger partial charge on any atom is 0.340 e. The Labute approximate surface area is 277 Å². The zero-order valence-corrected chi connectivity index (χ0v) is 26.3. The number of carboxylic acid groups (broad SMARTS) is 1. The second-order valence-corrected chi connectivity index (χ2v) is 12.0. The number of fused-ring (bicyclic) bond motifs is 2. The van der Waals surface area contributed by atoms with Gasteiger partial charge >= 0.3 is 5.97 Å². The summed E-state index contributed by atoms with van der Waals surface area (Å²) in [4.78, 5) is 13.1. The molecule has 8 nitrogen and oxygen atoms in total. The molecule has 4 N–H and O–H groups in total. The van der Waals surface area contributed by atoms with Gasteiger partial charge in [-0.1, -0.05) is 54.6 Å².